The van der Waals surface area contributed by atoms with Crippen molar-refractivity contribution < 1.29 is 39.6 Å². The summed E-state index contributed by atoms with van der Waals surface area (Å²) in [5.74, 6) is -5.54. The minimum Gasteiger partial charge on any atom is -0.478 e. The smallest absolute Gasteiger partial charge is 0.336 e. The van der Waals surface area contributed by atoms with Gasteiger partial charge in [0.05, 0.1) is 22.3 Å². The molecule has 1 heterocycles. The van der Waals surface area contributed by atoms with Gasteiger partial charge in [0.15, 0.2) is 0 Å². The van der Waals surface area contributed by atoms with Crippen LogP contribution in [0.15, 0.2) is 54.6 Å². The largest absolute Gasteiger partial charge is 0.478 e. The molecule has 30 heavy (non-hydrogen) atoms. The zero-order chi connectivity index (χ0) is 22.0. The number of hydrogen-bond acceptors (Lipinski definition) is 5. The van der Waals surface area contributed by atoms with Crippen molar-refractivity contribution in [1.29, 1.82) is 0 Å². The molecule has 3 rings (SSSR count). The fraction of sp³-hybridized carbons (Fsp3) is 0.0476. The molecule has 1 aliphatic heterocycles. The van der Waals surface area contributed by atoms with Gasteiger partial charge in [-0.2, -0.15) is 0 Å². The summed E-state index contributed by atoms with van der Waals surface area (Å²) in [6, 6.07) is 7.74. The van der Waals surface area contributed by atoms with Gasteiger partial charge in [-0.15, -0.1) is 0 Å². The van der Waals surface area contributed by atoms with Gasteiger partial charge in [-0.1, -0.05) is 18.2 Å². The first-order valence-corrected chi connectivity index (χ1v) is 8.56. The molecule has 0 aromatic heterocycles. The van der Waals surface area contributed by atoms with E-state index in [9.17, 15) is 39.6 Å². The maximum atomic E-state index is 11.5. The lowest BCUT2D eigenvalue weighted by Gasteiger charge is -2.29. The molecule has 0 unspecified atom stereocenters. The Morgan fingerprint density at radius 1 is 0.700 bits per heavy atom. The second-order valence-electron chi connectivity index (χ2n) is 6.30. The van der Waals surface area contributed by atoms with Gasteiger partial charge >= 0.3 is 23.9 Å². The van der Waals surface area contributed by atoms with Crippen molar-refractivity contribution in [2.24, 2.45) is 0 Å². The van der Waals surface area contributed by atoms with Gasteiger partial charge in [0.25, 0.3) is 0 Å². The molecule has 0 saturated carbocycles. The number of nitrogens with zero attached hydrogens (tertiary/aromatic N) is 1. The van der Waals surface area contributed by atoms with Crippen molar-refractivity contribution in [3.63, 3.8) is 0 Å². The number of carboxylic acids is 4. The summed E-state index contributed by atoms with van der Waals surface area (Å²) in [6.45, 7) is 0.306. The topological polar surface area (TPSA) is 152 Å². The first-order valence-electron chi connectivity index (χ1n) is 8.56. The number of hydrogen-bond donors (Lipinski definition) is 4. The van der Waals surface area contributed by atoms with Crippen LogP contribution < -0.4 is 4.90 Å². The molecule has 9 heteroatoms. The first-order chi connectivity index (χ1) is 14.2. The van der Waals surface area contributed by atoms with E-state index in [1.807, 2.05) is 0 Å². The molecule has 2 aromatic rings. The third kappa shape index (κ3) is 3.76. The normalized spacial score (nSPS) is 12.9. The van der Waals surface area contributed by atoms with Crippen LogP contribution in [0.5, 0.6) is 0 Å². The Labute approximate surface area is 169 Å². The lowest BCUT2D eigenvalue weighted by Crippen LogP contribution is -2.24. The summed E-state index contributed by atoms with van der Waals surface area (Å²) >= 11 is 0. The van der Waals surface area contributed by atoms with Gasteiger partial charge < -0.3 is 25.3 Å². The highest BCUT2D eigenvalue weighted by Crippen LogP contribution is 2.31. The molecule has 0 fully saturated rings. The van der Waals surface area contributed by atoms with Crippen LogP contribution in [0.4, 0.5) is 5.69 Å². The predicted molar refractivity (Wildman–Crippen MR) is 105 cm³/mol. The van der Waals surface area contributed by atoms with E-state index >= 15 is 0 Å². The van der Waals surface area contributed by atoms with Crippen molar-refractivity contribution in [2.45, 2.75) is 0 Å². The summed E-state index contributed by atoms with van der Waals surface area (Å²) in [5.41, 5.74) is -0.208. The van der Waals surface area contributed by atoms with Crippen LogP contribution in [0.1, 0.15) is 47.0 Å². The van der Waals surface area contributed by atoms with Gasteiger partial charge in [-0.25, -0.2) is 19.2 Å². The van der Waals surface area contributed by atoms with Gasteiger partial charge in [-0.05, 0) is 42.0 Å². The summed E-state index contributed by atoms with van der Waals surface area (Å²) in [5, 5.41) is 37.1. The standard InChI is InChI=1S/C21H15NO8/c23-18(24)13-6-4-11(9-15(13)20(27)28)17-3-1-2-8-22(17)12-5-7-14(19(25)26)16(10-12)21(29)30/h1-7,9-10H,8H2,(H,23,24)(H,25,26)(H,27,28)(H,29,30). The van der Waals surface area contributed by atoms with E-state index in [0.29, 0.717) is 23.5 Å². The number of benzene rings is 2. The average Bonchev–Trinajstić information content (AvgIpc) is 2.72. The van der Waals surface area contributed by atoms with E-state index in [1.165, 1.54) is 36.4 Å². The Morgan fingerprint density at radius 2 is 1.23 bits per heavy atom. The van der Waals surface area contributed by atoms with E-state index in [-0.39, 0.29) is 22.3 Å². The van der Waals surface area contributed by atoms with E-state index < -0.39 is 23.9 Å². The highest BCUT2D eigenvalue weighted by atomic mass is 16.4. The van der Waals surface area contributed by atoms with Crippen LogP contribution >= 0.6 is 0 Å². The molecule has 0 amide bonds. The molecule has 0 bridgehead atoms. The minimum absolute atomic E-state index is 0.306. The molecule has 0 aliphatic carbocycles. The van der Waals surface area contributed by atoms with Gasteiger partial charge in [0, 0.05) is 17.9 Å². The van der Waals surface area contributed by atoms with Crippen molar-refractivity contribution in [2.75, 3.05) is 11.4 Å². The number of aromatic carboxylic acids is 4. The van der Waals surface area contributed by atoms with Crippen LogP contribution in [0.25, 0.3) is 5.70 Å². The van der Waals surface area contributed by atoms with E-state index in [1.54, 1.807) is 23.1 Å². The van der Waals surface area contributed by atoms with Gasteiger partial charge in [-0.3, -0.25) is 0 Å². The quantitative estimate of drug-likeness (QED) is 0.564. The van der Waals surface area contributed by atoms with E-state index in [4.69, 9.17) is 0 Å². The minimum atomic E-state index is -1.40. The molecule has 152 valence electrons. The Balaban J connectivity index is 2.11. The Kier molecular flexibility index (Phi) is 5.37. The summed E-state index contributed by atoms with van der Waals surface area (Å²) in [6.07, 6.45) is 5.16. The number of anilines is 1. The Hall–Kier alpha value is -4.40. The monoisotopic (exact) mass is 409 g/mol. The lowest BCUT2D eigenvalue weighted by atomic mass is 9.99. The van der Waals surface area contributed by atoms with Crippen LogP contribution in [-0.4, -0.2) is 50.8 Å². The van der Waals surface area contributed by atoms with Crippen LogP contribution in [0.2, 0.25) is 0 Å². The lowest BCUT2D eigenvalue weighted by molar-refractivity contribution is 0.0651. The van der Waals surface area contributed by atoms with Gasteiger partial charge in [0.2, 0.25) is 0 Å². The van der Waals surface area contributed by atoms with Crippen molar-refractivity contribution >= 4 is 35.3 Å². The third-order valence-electron chi connectivity index (χ3n) is 4.52. The number of carbonyl (C=O) groups is 4. The fourth-order valence-corrected chi connectivity index (χ4v) is 3.14. The third-order valence-corrected chi connectivity index (χ3v) is 4.52. The van der Waals surface area contributed by atoms with Crippen molar-refractivity contribution in [1.82, 2.24) is 0 Å². The maximum absolute atomic E-state index is 11.5. The number of rotatable bonds is 6. The maximum Gasteiger partial charge on any atom is 0.336 e. The first kappa shape index (κ1) is 20.3. The second kappa shape index (κ2) is 7.92. The molecule has 4 N–H and O–H groups in total. The average molecular weight is 409 g/mol. The van der Waals surface area contributed by atoms with Crippen LogP contribution in [0, 0.1) is 0 Å². The molecule has 0 radical (unpaired) electrons. The zero-order valence-corrected chi connectivity index (χ0v) is 15.3. The Morgan fingerprint density at radius 3 is 1.80 bits per heavy atom. The number of carboxylic acid groups (broad SMARTS) is 4. The highest BCUT2D eigenvalue weighted by Gasteiger charge is 2.23. The van der Waals surface area contributed by atoms with Gasteiger partial charge in [0.1, 0.15) is 0 Å². The highest BCUT2D eigenvalue weighted by molar-refractivity contribution is 6.04. The van der Waals surface area contributed by atoms with E-state index in [2.05, 4.69) is 0 Å². The second-order valence-corrected chi connectivity index (χ2v) is 6.30. The van der Waals surface area contributed by atoms with Crippen molar-refractivity contribution in [3.05, 3.63) is 82.4 Å². The van der Waals surface area contributed by atoms with Crippen LogP contribution in [-0.2, 0) is 0 Å². The fourth-order valence-electron chi connectivity index (χ4n) is 3.14. The zero-order valence-electron chi connectivity index (χ0n) is 15.3. The molecule has 0 saturated heterocycles. The molecular formula is C21H15NO8. The molecule has 2 aromatic carbocycles. The molecule has 0 spiro atoms. The summed E-state index contributed by atoms with van der Waals surface area (Å²) in [7, 11) is 0. The predicted octanol–water partition coefficient (Wildman–Crippen LogP) is 2.90. The molecule has 0 atom stereocenters. The molecule has 1 aliphatic rings. The Bertz CT molecular complexity index is 1150. The summed E-state index contributed by atoms with van der Waals surface area (Å²) < 4.78 is 0. The summed E-state index contributed by atoms with van der Waals surface area (Å²) in [4.78, 5) is 47.2. The molecular weight excluding hydrogens is 394 g/mol. The SMILES string of the molecule is O=C(O)c1ccc(C2=CC=CCN2c2ccc(C(=O)O)c(C(=O)O)c2)cc1C(=O)O. The number of allylic oxidation sites excluding steroid dienone is 2. The van der Waals surface area contributed by atoms with Crippen molar-refractivity contribution in [3.8, 4) is 0 Å². The van der Waals surface area contributed by atoms with E-state index in [0.717, 1.165) is 0 Å². The molecule has 9 nitrogen and oxygen atoms in total. The van der Waals surface area contributed by atoms with Crippen LogP contribution in [0.3, 0.4) is 0 Å².